The highest BCUT2D eigenvalue weighted by atomic mass is 35.5. The van der Waals surface area contributed by atoms with Crippen molar-refractivity contribution >= 4 is 17.5 Å². The third-order valence-corrected chi connectivity index (χ3v) is 3.73. The normalized spacial score (nSPS) is 18.8. The number of hydrogen-bond acceptors (Lipinski definition) is 2. The summed E-state index contributed by atoms with van der Waals surface area (Å²) in [5.74, 6) is 1.30. The minimum Gasteiger partial charge on any atom is -0.469 e. The van der Waals surface area contributed by atoms with Crippen LogP contribution in [0.5, 0.6) is 0 Å². The quantitative estimate of drug-likeness (QED) is 0.840. The van der Waals surface area contributed by atoms with E-state index in [2.05, 4.69) is 0 Å². The Morgan fingerprint density at radius 3 is 2.95 bits per heavy atom. The van der Waals surface area contributed by atoms with Crippen LogP contribution in [-0.2, 0) is 0 Å². The maximum atomic E-state index is 12.4. The molecule has 0 aliphatic carbocycles. The number of likely N-dealkylation sites (tertiary alicyclic amines) is 1. The number of hydrogen-bond donors (Lipinski definition) is 0. The molecule has 3 nitrogen and oxygen atoms in total. The first kappa shape index (κ1) is 12.3. The van der Waals surface area contributed by atoms with Crippen molar-refractivity contribution in [1.82, 2.24) is 4.90 Å². The maximum absolute atomic E-state index is 12.4. The van der Waals surface area contributed by atoms with E-state index in [0.29, 0.717) is 23.0 Å². The Hall–Kier alpha value is -1.74. The maximum Gasteiger partial charge on any atom is 0.253 e. The topological polar surface area (TPSA) is 33.5 Å². The van der Waals surface area contributed by atoms with Gasteiger partial charge in [0.05, 0.1) is 6.26 Å². The lowest BCUT2D eigenvalue weighted by Crippen LogP contribution is -2.28. The van der Waals surface area contributed by atoms with Gasteiger partial charge in [0, 0.05) is 29.6 Å². The van der Waals surface area contributed by atoms with Crippen LogP contribution in [0.1, 0.15) is 28.5 Å². The second-order valence-corrected chi connectivity index (χ2v) is 5.20. The van der Waals surface area contributed by atoms with Crippen molar-refractivity contribution in [3.63, 3.8) is 0 Å². The fourth-order valence-electron chi connectivity index (χ4n) is 2.50. The molecule has 4 heteroatoms. The fourth-order valence-corrected chi connectivity index (χ4v) is 2.69. The Bertz CT molecular complexity index is 580. The van der Waals surface area contributed by atoms with Gasteiger partial charge in [0.15, 0.2) is 0 Å². The molecule has 1 atom stereocenters. The van der Waals surface area contributed by atoms with Gasteiger partial charge in [0.2, 0.25) is 0 Å². The Morgan fingerprint density at radius 1 is 1.32 bits per heavy atom. The average Bonchev–Trinajstić information content (AvgIpc) is 3.08. The van der Waals surface area contributed by atoms with Crippen LogP contribution in [0.4, 0.5) is 0 Å². The van der Waals surface area contributed by atoms with Crippen molar-refractivity contribution in [1.29, 1.82) is 0 Å². The van der Waals surface area contributed by atoms with Crippen molar-refractivity contribution in [3.05, 3.63) is 59.0 Å². The van der Waals surface area contributed by atoms with Gasteiger partial charge in [-0.3, -0.25) is 4.79 Å². The Morgan fingerprint density at radius 2 is 2.21 bits per heavy atom. The van der Waals surface area contributed by atoms with E-state index in [1.807, 2.05) is 17.0 Å². The van der Waals surface area contributed by atoms with E-state index in [1.54, 1.807) is 30.5 Å². The van der Waals surface area contributed by atoms with Gasteiger partial charge in [-0.25, -0.2) is 0 Å². The molecule has 19 heavy (non-hydrogen) atoms. The van der Waals surface area contributed by atoms with Gasteiger partial charge in [-0.1, -0.05) is 17.7 Å². The monoisotopic (exact) mass is 275 g/mol. The molecular formula is C15H14ClNO2. The standard InChI is InChI=1S/C15H14ClNO2/c16-13-4-1-3-11(9-13)15(18)17-7-6-12(10-17)14-5-2-8-19-14/h1-5,8-9,12H,6-7,10H2. The first-order valence-electron chi connectivity index (χ1n) is 6.32. The predicted molar refractivity (Wildman–Crippen MR) is 73.4 cm³/mol. The highest BCUT2D eigenvalue weighted by Crippen LogP contribution is 2.28. The van der Waals surface area contributed by atoms with Gasteiger partial charge in [-0.15, -0.1) is 0 Å². The molecular weight excluding hydrogens is 262 g/mol. The molecule has 2 heterocycles. The summed E-state index contributed by atoms with van der Waals surface area (Å²) in [4.78, 5) is 14.2. The highest BCUT2D eigenvalue weighted by Gasteiger charge is 2.29. The van der Waals surface area contributed by atoms with Crippen LogP contribution in [0.3, 0.4) is 0 Å². The molecule has 98 valence electrons. The minimum atomic E-state index is 0.0385. The fraction of sp³-hybridized carbons (Fsp3) is 0.267. The summed E-state index contributed by atoms with van der Waals surface area (Å²) in [5, 5.41) is 0.590. The number of nitrogens with zero attached hydrogens (tertiary/aromatic N) is 1. The van der Waals surface area contributed by atoms with E-state index in [4.69, 9.17) is 16.0 Å². The number of benzene rings is 1. The molecule has 2 aromatic rings. The van der Waals surface area contributed by atoms with E-state index in [-0.39, 0.29) is 5.91 Å². The second-order valence-electron chi connectivity index (χ2n) is 4.76. The van der Waals surface area contributed by atoms with Crippen molar-refractivity contribution in [2.45, 2.75) is 12.3 Å². The van der Waals surface area contributed by atoms with Crippen LogP contribution in [0, 0.1) is 0 Å². The summed E-state index contributed by atoms with van der Waals surface area (Å²) in [5.41, 5.74) is 0.646. The van der Waals surface area contributed by atoms with Crippen molar-refractivity contribution < 1.29 is 9.21 Å². The van der Waals surface area contributed by atoms with Crippen LogP contribution in [-0.4, -0.2) is 23.9 Å². The molecule has 1 fully saturated rings. The molecule has 3 rings (SSSR count). The summed E-state index contributed by atoms with van der Waals surface area (Å²) >= 11 is 5.92. The zero-order chi connectivity index (χ0) is 13.2. The number of carbonyl (C=O) groups excluding carboxylic acids is 1. The van der Waals surface area contributed by atoms with Crippen LogP contribution in [0.15, 0.2) is 47.1 Å². The molecule has 1 aromatic heterocycles. The van der Waals surface area contributed by atoms with Gasteiger partial charge >= 0.3 is 0 Å². The molecule has 1 amide bonds. The van der Waals surface area contributed by atoms with E-state index in [9.17, 15) is 4.79 Å². The van der Waals surface area contributed by atoms with E-state index in [1.165, 1.54) is 0 Å². The van der Waals surface area contributed by atoms with Crippen molar-refractivity contribution in [2.75, 3.05) is 13.1 Å². The van der Waals surface area contributed by atoms with Gasteiger partial charge in [0.25, 0.3) is 5.91 Å². The zero-order valence-electron chi connectivity index (χ0n) is 10.4. The lowest BCUT2D eigenvalue weighted by atomic mass is 10.1. The molecule has 0 spiro atoms. The number of halogens is 1. The van der Waals surface area contributed by atoms with Crippen molar-refractivity contribution in [3.8, 4) is 0 Å². The highest BCUT2D eigenvalue weighted by molar-refractivity contribution is 6.30. The second kappa shape index (κ2) is 5.10. The largest absolute Gasteiger partial charge is 0.469 e. The average molecular weight is 276 g/mol. The minimum absolute atomic E-state index is 0.0385. The molecule has 1 saturated heterocycles. The third-order valence-electron chi connectivity index (χ3n) is 3.49. The van der Waals surface area contributed by atoms with E-state index < -0.39 is 0 Å². The zero-order valence-corrected chi connectivity index (χ0v) is 11.1. The number of amides is 1. The summed E-state index contributed by atoms with van der Waals surface area (Å²) in [6.45, 7) is 1.47. The van der Waals surface area contributed by atoms with Gasteiger partial charge in [-0.05, 0) is 36.8 Å². The predicted octanol–water partition coefficient (Wildman–Crippen LogP) is 3.56. The molecule has 0 saturated carbocycles. The first-order chi connectivity index (χ1) is 9.24. The Labute approximate surface area is 116 Å². The summed E-state index contributed by atoms with van der Waals surface area (Å²) < 4.78 is 5.41. The van der Waals surface area contributed by atoms with Crippen LogP contribution in [0.25, 0.3) is 0 Å². The SMILES string of the molecule is O=C(c1cccc(Cl)c1)N1CCC(c2ccco2)C1. The lowest BCUT2D eigenvalue weighted by molar-refractivity contribution is 0.0790. The molecule has 0 radical (unpaired) electrons. The summed E-state index contributed by atoms with van der Waals surface area (Å²) in [6.07, 6.45) is 2.62. The summed E-state index contributed by atoms with van der Waals surface area (Å²) in [7, 11) is 0. The van der Waals surface area contributed by atoms with Crippen LogP contribution in [0.2, 0.25) is 5.02 Å². The van der Waals surface area contributed by atoms with Gasteiger partial charge in [0.1, 0.15) is 5.76 Å². The molecule has 0 bridgehead atoms. The number of rotatable bonds is 2. The van der Waals surface area contributed by atoms with Crippen molar-refractivity contribution in [2.24, 2.45) is 0 Å². The van der Waals surface area contributed by atoms with Gasteiger partial charge < -0.3 is 9.32 Å². The first-order valence-corrected chi connectivity index (χ1v) is 6.70. The number of carbonyl (C=O) groups is 1. The lowest BCUT2D eigenvalue weighted by Gasteiger charge is -2.16. The van der Waals surface area contributed by atoms with E-state index in [0.717, 1.165) is 18.7 Å². The molecule has 0 N–H and O–H groups in total. The summed E-state index contributed by atoms with van der Waals surface area (Å²) in [6, 6.07) is 10.9. The van der Waals surface area contributed by atoms with Crippen LogP contribution >= 0.6 is 11.6 Å². The molecule has 1 aliphatic rings. The van der Waals surface area contributed by atoms with Crippen LogP contribution < -0.4 is 0 Å². The van der Waals surface area contributed by atoms with Gasteiger partial charge in [-0.2, -0.15) is 0 Å². The number of furan rings is 1. The third kappa shape index (κ3) is 2.51. The molecule has 1 aliphatic heterocycles. The smallest absolute Gasteiger partial charge is 0.253 e. The van der Waals surface area contributed by atoms with E-state index >= 15 is 0 Å². The Kier molecular flexibility index (Phi) is 3.30. The molecule has 1 unspecified atom stereocenters. The Balaban J connectivity index is 1.73. The molecule has 1 aromatic carbocycles.